The van der Waals surface area contributed by atoms with Gasteiger partial charge in [-0.2, -0.15) is 0 Å². The van der Waals surface area contributed by atoms with Crippen molar-refractivity contribution in [3.63, 3.8) is 0 Å². The van der Waals surface area contributed by atoms with Gasteiger partial charge in [0.1, 0.15) is 12.1 Å². The Bertz CT molecular complexity index is 1480. The second-order valence-electron chi connectivity index (χ2n) is 7.14. The largest absolute Gasteiger partial charge is 0.397 e. The molecule has 0 aliphatic rings. The molecule has 0 aliphatic carbocycles. The second kappa shape index (κ2) is 8.64. The maximum absolute atomic E-state index is 13.3. The fourth-order valence-electron chi connectivity index (χ4n) is 3.29. The Morgan fingerprint density at radius 1 is 1.03 bits per heavy atom. The molecule has 2 aromatic carbocycles. The molecule has 0 amide bonds. The monoisotopic (exact) mass is 526 g/mol. The zero-order valence-corrected chi connectivity index (χ0v) is 19.9. The molecule has 0 unspecified atom stereocenters. The Morgan fingerprint density at radius 3 is 2.33 bits per heavy atom. The Labute approximate surface area is 199 Å². The van der Waals surface area contributed by atoms with Crippen LogP contribution in [0.5, 0.6) is 0 Å². The molecule has 2 heterocycles. The second-order valence-corrected chi connectivity index (χ2v) is 11.5. The molecule has 33 heavy (non-hydrogen) atoms. The first-order chi connectivity index (χ1) is 15.4. The first kappa shape index (κ1) is 23.6. The maximum Gasteiger partial charge on any atom is 0.345 e. The molecular formula is C20H17Cl2N4O5PS. The first-order valence-electron chi connectivity index (χ1n) is 9.30. The lowest BCUT2D eigenvalue weighted by molar-refractivity contribution is 0.373. The van der Waals surface area contributed by atoms with E-state index in [1.54, 1.807) is 35.0 Å². The minimum absolute atomic E-state index is 0.0601. The number of rotatable bonds is 6. The van der Waals surface area contributed by atoms with Gasteiger partial charge in [-0.3, -0.25) is 8.87 Å². The van der Waals surface area contributed by atoms with Gasteiger partial charge in [0, 0.05) is 21.6 Å². The Morgan fingerprint density at radius 2 is 1.73 bits per heavy atom. The summed E-state index contributed by atoms with van der Waals surface area (Å²) in [6.45, 7) is 0. The average Bonchev–Trinajstić information content (AvgIpc) is 3.14. The van der Waals surface area contributed by atoms with Gasteiger partial charge in [-0.1, -0.05) is 23.2 Å². The molecule has 4 aromatic rings. The van der Waals surface area contributed by atoms with Crippen molar-refractivity contribution in [2.75, 3.05) is 16.3 Å². The van der Waals surface area contributed by atoms with Gasteiger partial charge in [0.05, 0.1) is 28.0 Å². The van der Waals surface area contributed by atoms with Crippen LogP contribution in [0.15, 0.2) is 71.9 Å². The number of benzene rings is 2. The molecule has 0 bridgehead atoms. The molecule has 172 valence electrons. The number of halogens is 2. The summed E-state index contributed by atoms with van der Waals surface area (Å²) in [5.41, 5.74) is 6.96. The number of hydrogen-bond acceptors (Lipinski definition) is 5. The van der Waals surface area contributed by atoms with Gasteiger partial charge in [0.25, 0.3) is 10.0 Å². The molecule has 4 N–H and O–H groups in total. The van der Waals surface area contributed by atoms with E-state index in [0.29, 0.717) is 26.7 Å². The highest BCUT2D eigenvalue weighted by atomic mass is 35.5. The summed E-state index contributed by atoms with van der Waals surface area (Å²) in [6.07, 6.45) is 2.19. The zero-order chi connectivity index (χ0) is 24.0. The quantitative estimate of drug-likeness (QED) is 0.319. The highest BCUT2D eigenvalue weighted by Crippen LogP contribution is 2.40. The highest BCUT2D eigenvalue weighted by molar-refractivity contribution is 7.93. The van der Waals surface area contributed by atoms with Crippen LogP contribution >= 0.6 is 30.8 Å². The maximum atomic E-state index is 13.3. The number of nitrogens with two attached hydrogens (primary N) is 1. The van der Waals surface area contributed by atoms with E-state index in [4.69, 9.17) is 28.9 Å². The van der Waals surface area contributed by atoms with Crippen molar-refractivity contribution in [3.05, 3.63) is 77.0 Å². The first-order valence-corrected chi connectivity index (χ1v) is 13.3. The van der Waals surface area contributed by atoms with Crippen LogP contribution < -0.4 is 10.0 Å². The molecule has 0 saturated heterocycles. The molecule has 0 spiro atoms. The topological polar surface area (TPSA) is 139 Å². The van der Waals surface area contributed by atoms with Crippen LogP contribution in [0.3, 0.4) is 0 Å². The standard InChI is InChI=1S/C20H17Cl2N4O5PS/c21-14-8-15(22)10-18(9-14)33(30,31)26(12-32(27,28)29)17-2-3-19-13(7-17)5-6-25(19)20-4-1-16(23)11-24-20/h1-11H,12,23H2,(H2,27,28,29). The molecule has 13 heteroatoms. The van der Waals surface area contributed by atoms with E-state index in [0.717, 1.165) is 12.1 Å². The smallest absolute Gasteiger partial charge is 0.345 e. The van der Waals surface area contributed by atoms with Crippen molar-refractivity contribution >= 4 is 63.1 Å². The molecule has 2 aromatic heterocycles. The van der Waals surface area contributed by atoms with Gasteiger partial charge in [-0.25, -0.2) is 13.4 Å². The summed E-state index contributed by atoms with van der Waals surface area (Å²) in [6, 6.07) is 13.5. The van der Waals surface area contributed by atoms with Gasteiger partial charge >= 0.3 is 7.60 Å². The molecule has 0 atom stereocenters. The third-order valence-corrected chi connectivity index (χ3v) is 7.75. The van der Waals surface area contributed by atoms with Gasteiger partial charge in [-0.15, -0.1) is 0 Å². The third-order valence-electron chi connectivity index (χ3n) is 4.72. The third kappa shape index (κ3) is 5.01. The van der Waals surface area contributed by atoms with Crippen LogP contribution in [-0.4, -0.2) is 34.0 Å². The van der Waals surface area contributed by atoms with Crippen LogP contribution in [0, 0.1) is 0 Å². The van der Waals surface area contributed by atoms with Crippen LogP contribution in [-0.2, 0) is 14.6 Å². The Kier molecular flexibility index (Phi) is 6.17. The molecule has 0 saturated carbocycles. The lowest BCUT2D eigenvalue weighted by Gasteiger charge is -2.25. The van der Waals surface area contributed by atoms with Gasteiger partial charge in [0.15, 0.2) is 0 Å². The van der Waals surface area contributed by atoms with Gasteiger partial charge in [0.2, 0.25) is 0 Å². The van der Waals surface area contributed by atoms with Crippen LogP contribution in [0.25, 0.3) is 16.7 Å². The van der Waals surface area contributed by atoms with Gasteiger partial charge in [-0.05, 0) is 54.6 Å². The molecule has 0 radical (unpaired) electrons. The number of nitrogens with zero attached hydrogens (tertiary/aromatic N) is 3. The van der Waals surface area contributed by atoms with Crippen molar-refractivity contribution in [2.24, 2.45) is 0 Å². The predicted molar refractivity (Wildman–Crippen MR) is 129 cm³/mol. The van der Waals surface area contributed by atoms with Crippen molar-refractivity contribution in [2.45, 2.75) is 4.90 Å². The average molecular weight is 527 g/mol. The summed E-state index contributed by atoms with van der Waals surface area (Å²) in [4.78, 5) is 23.2. The van der Waals surface area contributed by atoms with E-state index in [1.165, 1.54) is 24.4 Å². The number of anilines is 2. The number of sulfonamides is 1. The minimum Gasteiger partial charge on any atom is -0.397 e. The number of pyridine rings is 1. The minimum atomic E-state index is -4.78. The number of nitrogen functional groups attached to an aromatic ring is 1. The van der Waals surface area contributed by atoms with Crippen LogP contribution in [0.2, 0.25) is 10.0 Å². The fraction of sp³-hybridized carbons (Fsp3) is 0.0500. The van der Waals surface area contributed by atoms with E-state index in [1.807, 2.05) is 0 Å². The number of aromatic nitrogens is 2. The predicted octanol–water partition coefficient (Wildman–Crippen LogP) is 4.25. The summed E-state index contributed by atoms with van der Waals surface area (Å²) < 4.78 is 40.9. The number of fused-ring (bicyclic) bond motifs is 1. The molecular weight excluding hydrogens is 510 g/mol. The molecule has 9 nitrogen and oxygen atoms in total. The lowest BCUT2D eigenvalue weighted by Crippen LogP contribution is -2.32. The molecule has 0 fully saturated rings. The fourth-order valence-corrected chi connectivity index (χ4v) is 6.70. The van der Waals surface area contributed by atoms with Crippen LogP contribution in [0.1, 0.15) is 0 Å². The van der Waals surface area contributed by atoms with Gasteiger partial charge < -0.3 is 20.1 Å². The molecule has 4 rings (SSSR count). The van der Waals surface area contributed by atoms with Crippen LogP contribution in [0.4, 0.5) is 11.4 Å². The lowest BCUT2D eigenvalue weighted by atomic mass is 10.2. The van der Waals surface area contributed by atoms with E-state index in [-0.39, 0.29) is 20.6 Å². The Hall–Kier alpha value is -2.59. The van der Waals surface area contributed by atoms with Crippen molar-refractivity contribution in [3.8, 4) is 5.82 Å². The van der Waals surface area contributed by atoms with Crippen molar-refractivity contribution in [1.82, 2.24) is 9.55 Å². The highest BCUT2D eigenvalue weighted by Gasteiger charge is 2.32. The summed E-state index contributed by atoms with van der Waals surface area (Å²) in [5.74, 6) is 0.597. The van der Waals surface area contributed by atoms with E-state index < -0.39 is 23.9 Å². The Balaban J connectivity index is 1.83. The summed E-state index contributed by atoms with van der Waals surface area (Å²) >= 11 is 11.9. The summed E-state index contributed by atoms with van der Waals surface area (Å²) in [7, 11) is -9.19. The van der Waals surface area contributed by atoms with Crippen molar-refractivity contribution in [1.29, 1.82) is 0 Å². The number of hydrogen-bond donors (Lipinski definition) is 3. The van der Waals surface area contributed by atoms with E-state index in [9.17, 15) is 22.8 Å². The SMILES string of the molecule is Nc1ccc(-n2ccc3cc(N(CP(=O)(O)O)S(=O)(=O)c4cc(Cl)cc(Cl)c4)ccc32)nc1. The van der Waals surface area contributed by atoms with E-state index in [2.05, 4.69) is 4.98 Å². The summed E-state index contributed by atoms with van der Waals surface area (Å²) in [5, 5.41) is 0.766. The van der Waals surface area contributed by atoms with E-state index >= 15 is 0 Å². The van der Waals surface area contributed by atoms with Crippen molar-refractivity contribution < 1.29 is 22.8 Å². The normalized spacial score (nSPS) is 12.2. The zero-order valence-electron chi connectivity index (χ0n) is 16.7. The molecule has 0 aliphatic heterocycles.